The van der Waals surface area contributed by atoms with Gasteiger partial charge in [0.25, 0.3) is 0 Å². The molecular weight excluding hydrogens is 148 g/mol. The molecule has 4 nitrogen and oxygen atoms in total. The van der Waals surface area contributed by atoms with Crippen LogP contribution in [0.4, 0.5) is 0 Å². The monoisotopic (exact) mass is 162 g/mol. The quantitative estimate of drug-likeness (QED) is 0.467. The van der Waals surface area contributed by atoms with Crippen LogP contribution in [0.2, 0.25) is 0 Å². The minimum Gasteiger partial charge on any atom is -0.391 e. The van der Waals surface area contributed by atoms with E-state index in [0.29, 0.717) is 6.29 Å². The zero-order valence-electron chi connectivity index (χ0n) is 6.69. The van der Waals surface area contributed by atoms with Crippen molar-refractivity contribution in [3.05, 3.63) is 0 Å². The van der Waals surface area contributed by atoms with Crippen LogP contribution < -0.4 is 0 Å². The summed E-state index contributed by atoms with van der Waals surface area (Å²) in [7, 11) is 0. The molecular formula is C7H14O4. The average Bonchev–Trinajstić information content (AvgIpc) is 1.86. The summed E-state index contributed by atoms with van der Waals surface area (Å²) in [4.78, 5) is 9.99. The summed E-state index contributed by atoms with van der Waals surface area (Å²) in [5.74, 6) is 0. The Kier molecular flexibility index (Phi) is 3.65. The first-order chi connectivity index (χ1) is 4.91. The van der Waals surface area contributed by atoms with E-state index in [1.54, 1.807) is 0 Å². The second kappa shape index (κ2) is 3.80. The fraction of sp³-hybridized carbons (Fsp3) is 0.857. The van der Waals surface area contributed by atoms with Crippen LogP contribution in [-0.4, -0.2) is 39.4 Å². The van der Waals surface area contributed by atoms with E-state index in [4.69, 9.17) is 10.2 Å². The molecule has 3 atom stereocenters. The topological polar surface area (TPSA) is 77.8 Å². The SMILES string of the molecule is C[C@@H](O)[C@H](O)[C@](C)(O)CC=O. The number of aldehydes is 1. The highest BCUT2D eigenvalue weighted by Crippen LogP contribution is 2.15. The standard InChI is InChI=1S/C7H14O4/c1-5(9)6(10)7(2,11)3-4-8/h4-6,9-11H,3H2,1-2H3/t5-,6+,7-/m1/s1. The molecule has 0 heterocycles. The number of carbonyl (C=O) groups excluding carboxylic acids is 1. The molecule has 0 saturated carbocycles. The van der Waals surface area contributed by atoms with Gasteiger partial charge >= 0.3 is 0 Å². The summed E-state index contributed by atoms with van der Waals surface area (Å²) in [5.41, 5.74) is -1.53. The van der Waals surface area contributed by atoms with E-state index in [2.05, 4.69) is 0 Å². The number of hydrogen-bond donors (Lipinski definition) is 3. The van der Waals surface area contributed by atoms with E-state index < -0.39 is 17.8 Å². The molecule has 0 spiro atoms. The number of carbonyl (C=O) groups is 1. The molecule has 3 N–H and O–H groups in total. The summed E-state index contributed by atoms with van der Waals surface area (Å²) in [5, 5.41) is 27.3. The van der Waals surface area contributed by atoms with Crippen molar-refractivity contribution < 1.29 is 20.1 Å². The smallest absolute Gasteiger partial charge is 0.122 e. The second-order valence-corrected chi connectivity index (χ2v) is 2.91. The van der Waals surface area contributed by atoms with Gasteiger partial charge in [0.15, 0.2) is 0 Å². The molecule has 0 fully saturated rings. The van der Waals surface area contributed by atoms with E-state index in [1.807, 2.05) is 0 Å². The third-order valence-electron chi connectivity index (χ3n) is 1.59. The molecule has 0 amide bonds. The lowest BCUT2D eigenvalue weighted by atomic mass is 9.93. The largest absolute Gasteiger partial charge is 0.391 e. The van der Waals surface area contributed by atoms with Gasteiger partial charge in [0, 0.05) is 6.42 Å². The van der Waals surface area contributed by atoms with E-state index in [9.17, 15) is 9.90 Å². The third-order valence-corrected chi connectivity index (χ3v) is 1.59. The van der Waals surface area contributed by atoms with Crippen LogP contribution >= 0.6 is 0 Å². The van der Waals surface area contributed by atoms with Gasteiger partial charge in [0.1, 0.15) is 12.4 Å². The molecule has 0 rings (SSSR count). The first-order valence-electron chi connectivity index (χ1n) is 3.44. The molecule has 0 bridgehead atoms. The van der Waals surface area contributed by atoms with Gasteiger partial charge in [0.05, 0.1) is 11.7 Å². The Balaban J connectivity index is 4.15. The van der Waals surface area contributed by atoms with Crippen molar-refractivity contribution in [1.82, 2.24) is 0 Å². The van der Waals surface area contributed by atoms with Crippen molar-refractivity contribution in [3.8, 4) is 0 Å². The molecule has 0 aliphatic heterocycles. The van der Waals surface area contributed by atoms with Crippen LogP contribution in [0.15, 0.2) is 0 Å². The van der Waals surface area contributed by atoms with Crippen LogP contribution in [0.5, 0.6) is 0 Å². The Morgan fingerprint density at radius 3 is 2.27 bits per heavy atom. The summed E-state index contributed by atoms with van der Waals surface area (Å²) >= 11 is 0. The average molecular weight is 162 g/mol. The van der Waals surface area contributed by atoms with Gasteiger partial charge in [-0.05, 0) is 13.8 Å². The minimum absolute atomic E-state index is 0.181. The van der Waals surface area contributed by atoms with Gasteiger partial charge in [-0.25, -0.2) is 0 Å². The van der Waals surface area contributed by atoms with E-state index in [1.165, 1.54) is 13.8 Å². The zero-order valence-corrected chi connectivity index (χ0v) is 6.69. The van der Waals surface area contributed by atoms with Crippen molar-refractivity contribution in [3.63, 3.8) is 0 Å². The molecule has 0 radical (unpaired) electrons. The highest BCUT2D eigenvalue weighted by atomic mass is 16.4. The predicted octanol–water partition coefficient (Wildman–Crippen LogP) is -0.932. The fourth-order valence-corrected chi connectivity index (χ4v) is 0.809. The highest BCUT2D eigenvalue weighted by Gasteiger charge is 2.32. The molecule has 0 aromatic rings. The Labute approximate surface area is 65.5 Å². The molecule has 0 aromatic carbocycles. The van der Waals surface area contributed by atoms with Crippen molar-refractivity contribution in [2.45, 2.75) is 38.1 Å². The molecule has 0 unspecified atom stereocenters. The van der Waals surface area contributed by atoms with Crippen LogP contribution in [0.1, 0.15) is 20.3 Å². The molecule has 0 saturated heterocycles. The Hall–Kier alpha value is -0.450. The van der Waals surface area contributed by atoms with Gasteiger partial charge in [-0.1, -0.05) is 0 Å². The van der Waals surface area contributed by atoms with Gasteiger partial charge in [-0.15, -0.1) is 0 Å². The van der Waals surface area contributed by atoms with Crippen LogP contribution in [-0.2, 0) is 4.79 Å². The lowest BCUT2D eigenvalue weighted by Crippen LogP contribution is -2.46. The second-order valence-electron chi connectivity index (χ2n) is 2.91. The maximum Gasteiger partial charge on any atom is 0.122 e. The maximum atomic E-state index is 9.99. The fourth-order valence-electron chi connectivity index (χ4n) is 0.809. The number of hydrogen-bond acceptors (Lipinski definition) is 4. The number of rotatable bonds is 4. The maximum absolute atomic E-state index is 9.99. The highest BCUT2D eigenvalue weighted by molar-refractivity contribution is 5.51. The van der Waals surface area contributed by atoms with Crippen molar-refractivity contribution in [1.29, 1.82) is 0 Å². The summed E-state index contributed by atoms with van der Waals surface area (Å²) in [6.45, 7) is 2.66. The van der Waals surface area contributed by atoms with E-state index in [-0.39, 0.29) is 6.42 Å². The van der Waals surface area contributed by atoms with Crippen LogP contribution in [0.25, 0.3) is 0 Å². The Morgan fingerprint density at radius 2 is 2.00 bits per heavy atom. The van der Waals surface area contributed by atoms with Crippen molar-refractivity contribution in [2.75, 3.05) is 0 Å². The Bertz CT molecular complexity index is 130. The third kappa shape index (κ3) is 2.96. The van der Waals surface area contributed by atoms with Gasteiger partial charge in [-0.3, -0.25) is 0 Å². The zero-order chi connectivity index (χ0) is 9.07. The molecule has 4 heteroatoms. The van der Waals surface area contributed by atoms with Crippen molar-refractivity contribution >= 4 is 6.29 Å². The Morgan fingerprint density at radius 1 is 1.55 bits per heavy atom. The molecule has 11 heavy (non-hydrogen) atoms. The normalized spacial score (nSPS) is 21.9. The number of aliphatic hydroxyl groups excluding tert-OH is 2. The van der Waals surface area contributed by atoms with Gasteiger partial charge in [-0.2, -0.15) is 0 Å². The molecule has 0 aliphatic carbocycles. The van der Waals surface area contributed by atoms with Crippen molar-refractivity contribution in [2.24, 2.45) is 0 Å². The lowest BCUT2D eigenvalue weighted by Gasteiger charge is -2.28. The molecule has 0 aliphatic rings. The predicted molar refractivity (Wildman–Crippen MR) is 39.0 cm³/mol. The summed E-state index contributed by atoms with van der Waals surface area (Å²) in [6, 6.07) is 0. The summed E-state index contributed by atoms with van der Waals surface area (Å²) in [6.07, 6.45) is -2.00. The summed E-state index contributed by atoms with van der Waals surface area (Å²) < 4.78 is 0. The van der Waals surface area contributed by atoms with Gasteiger partial charge in [0.2, 0.25) is 0 Å². The lowest BCUT2D eigenvalue weighted by molar-refractivity contribution is -0.129. The van der Waals surface area contributed by atoms with Gasteiger partial charge < -0.3 is 20.1 Å². The first kappa shape index (κ1) is 10.6. The van der Waals surface area contributed by atoms with Crippen LogP contribution in [0, 0.1) is 0 Å². The van der Waals surface area contributed by atoms with E-state index in [0.717, 1.165) is 0 Å². The molecule has 0 aromatic heterocycles. The molecule has 66 valence electrons. The minimum atomic E-state index is -1.53. The van der Waals surface area contributed by atoms with Crippen LogP contribution in [0.3, 0.4) is 0 Å². The first-order valence-corrected chi connectivity index (χ1v) is 3.44. The van der Waals surface area contributed by atoms with E-state index >= 15 is 0 Å². The number of aliphatic hydroxyl groups is 3.